The lowest BCUT2D eigenvalue weighted by Gasteiger charge is -2.17. The highest BCUT2D eigenvalue weighted by molar-refractivity contribution is 14.1. The molecule has 9 nitrogen and oxygen atoms in total. The normalized spacial score (nSPS) is 11.7. The largest absolute Gasteiger partial charge is 0.505 e. The summed E-state index contributed by atoms with van der Waals surface area (Å²) in [6.07, 6.45) is 4.06. The van der Waals surface area contributed by atoms with Crippen LogP contribution in [-0.2, 0) is 21.6 Å². The summed E-state index contributed by atoms with van der Waals surface area (Å²) < 4.78 is 135. The van der Waals surface area contributed by atoms with Crippen LogP contribution in [0, 0.1) is 75.6 Å². The predicted molar refractivity (Wildman–Crippen MR) is 471 cm³/mol. The van der Waals surface area contributed by atoms with E-state index in [9.17, 15) is 68.5 Å². The Balaban J connectivity index is 0.000000194. The molecule has 0 bridgehead atoms. The third-order valence-corrected chi connectivity index (χ3v) is 21.3. The second-order valence-corrected chi connectivity index (χ2v) is 31.2. The van der Waals surface area contributed by atoms with Gasteiger partial charge in [0.1, 0.15) is 69.7 Å². The molecule has 12 aromatic carbocycles. The van der Waals surface area contributed by atoms with Crippen molar-refractivity contribution in [1.82, 2.24) is 9.80 Å². The number of rotatable bonds is 12. The minimum atomic E-state index is -1.34. The molecule has 0 aliphatic carbocycles. The molecular weight excluding hydrogens is 1860 g/mol. The van der Waals surface area contributed by atoms with Gasteiger partial charge in [-0.25, -0.2) is 43.9 Å². The van der Waals surface area contributed by atoms with Crippen molar-refractivity contribution in [3.8, 4) is 56.0 Å². The summed E-state index contributed by atoms with van der Waals surface area (Å²) in [5.74, 6) is -5.43. The zero-order valence-corrected chi connectivity index (χ0v) is 72.2. The molecule has 610 valence electrons. The first-order valence-electron chi connectivity index (χ1n) is 35.7. The van der Waals surface area contributed by atoms with E-state index in [0.29, 0.717) is 98.0 Å². The number of nitrogens with zero attached hydrogens (tertiary/aromatic N) is 2. The summed E-state index contributed by atoms with van der Waals surface area (Å²) in [6, 6.07) is 63.0. The number of amides is 2. The van der Waals surface area contributed by atoms with E-state index in [1.165, 1.54) is 49.4 Å². The lowest BCUT2D eigenvalue weighted by Crippen LogP contribution is -2.29. The van der Waals surface area contributed by atoms with Gasteiger partial charge < -0.3 is 30.1 Å². The van der Waals surface area contributed by atoms with E-state index < -0.39 is 65.3 Å². The summed E-state index contributed by atoms with van der Waals surface area (Å²) in [5.41, 5.74) is 7.99. The first kappa shape index (κ1) is 95.6. The number of aromatic hydroxyl groups is 2. The van der Waals surface area contributed by atoms with Crippen LogP contribution in [0.25, 0.3) is 44.5 Å². The highest BCUT2D eigenvalue weighted by Gasteiger charge is 2.25. The van der Waals surface area contributed by atoms with Crippen LogP contribution in [-0.4, -0.2) is 80.3 Å². The number of alkyl halides is 1. The molecule has 2 fully saturated rings. The van der Waals surface area contributed by atoms with Gasteiger partial charge in [0.15, 0.2) is 5.12 Å². The Morgan fingerprint density at radius 3 is 1.15 bits per heavy atom. The second kappa shape index (κ2) is 47.9. The van der Waals surface area contributed by atoms with E-state index in [0.717, 1.165) is 97.6 Å². The summed E-state index contributed by atoms with van der Waals surface area (Å²) in [7, 11) is -1.34. The first-order valence-corrected chi connectivity index (χ1v) is 41.5. The van der Waals surface area contributed by atoms with E-state index in [2.05, 4.69) is 57.1 Å². The fourth-order valence-corrected chi connectivity index (χ4v) is 14.6. The number of likely N-dealkylation sites (tertiary alicyclic amines) is 2. The molecule has 4 N–H and O–H groups in total. The Labute approximate surface area is 728 Å². The zero-order chi connectivity index (χ0) is 85.6. The van der Waals surface area contributed by atoms with Crippen molar-refractivity contribution in [2.75, 3.05) is 26.2 Å². The van der Waals surface area contributed by atoms with Crippen molar-refractivity contribution in [1.29, 1.82) is 0 Å². The number of thiol groups is 2. The monoisotopic (exact) mass is 1940 g/mol. The molecule has 0 saturated carbocycles. The van der Waals surface area contributed by atoms with Crippen LogP contribution in [0.1, 0.15) is 81.1 Å². The standard InChI is InChI=1S/C24H20ClF2NO2S.C13H9BrF2.C13H10F2S.C13H10F2.C11H11ClINO2.C7H5BrF2.C6H7BO2.C2H4OS/c25-19-11-16(24(30)28-8-4-5-9-28)12-22(23(19)29)31-14-17-10-18(21(27)13-20(17)26)15-6-2-1-3-7-15;14-8-10-6-11(13(16)7-12(10)15)9-4-2-1-3-5-9;14-12-7-13(15)11(6-10(12)8-16)9-4-2-1-3-5-9;1-9-7-11(13(15)8-12(9)14)10-5-3-2-4-6-10;12-8-5-7(6-9(13)10(8)15)11(16)14-3-1-2-4-14;1-4-2-5(8)7(10)3-6(4)9;8-7(9)6-4-2-1-3-5-6;1-2(3)4/h1-3,6-7,10-13,29H,4-5,8-9,14H2;1-7H,8H2;1-7,16H,8H2;2-8H,1H3;5-6,15H,1-4H2;2-3H,1H3;1-5,8-9H;1H3,(H,3,4). The molecule has 0 unspecified atom stereocenters. The van der Waals surface area contributed by atoms with Gasteiger partial charge in [0.2, 0.25) is 0 Å². The van der Waals surface area contributed by atoms with Gasteiger partial charge in [0, 0.05) is 114 Å². The number of thioether (sulfide) groups is 1. The number of carbonyl (C=O) groups excluding carboxylic acids is 3. The van der Waals surface area contributed by atoms with Crippen molar-refractivity contribution in [3.63, 3.8) is 0 Å². The van der Waals surface area contributed by atoms with Crippen LogP contribution in [0.5, 0.6) is 11.5 Å². The Morgan fingerprint density at radius 1 is 0.453 bits per heavy atom. The first-order chi connectivity index (χ1) is 55.8. The van der Waals surface area contributed by atoms with Crippen LogP contribution in [0.3, 0.4) is 0 Å². The van der Waals surface area contributed by atoms with E-state index in [1.54, 1.807) is 116 Å². The minimum Gasteiger partial charge on any atom is -0.505 e. The highest BCUT2D eigenvalue weighted by Crippen LogP contribution is 2.40. The van der Waals surface area contributed by atoms with Crippen molar-refractivity contribution in [3.05, 3.63) is 352 Å². The Kier molecular flexibility index (Phi) is 39.1. The summed E-state index contributed by atoms with van der Waals surface area (Å²) in [5, 5.41) is 37.6. The molecule has 12 aromatic rings. The summed E-state index contributed by atoms with van der Waals surface area (Å²) >= 11 is 28.6. The second-order valence-electron chi connectivity index (χ2n) is 25.8. The molecule has 2 amide bonds. The van der Waals surface area contributed by atoms with Crippen LogP contribution < -0.4 is 5.46 Å². The molecule has 0 atom stereocenters. The summed E-state index contributed by atoms with van der Waals surface area (Å²) in [4.78, 5) is 38.0. The fraction of sp³-hybridized carbons (Fsp3) is 0.157. The Hall–Kier alpha value is -8.55. The van der Waals surface area contributed by atoms with Crippen LogP contribution >= 0.6 is 115 Å². The molecule has 0 spiro atoms. The van der Waals surface area contributed by atoms with Crippen molar-refractivity contribution in [2.24, 2.45) is 0 Å². The van der Waals surface area contributed by atoms with E-state index in [4.69, 9.17) is 33.2 Å². The topological polar surface area (TPSA) is 139 Å². The van der Waals surface area contributed by atoms with Gasteiger partial charge in [0.25, 0.3) is 11.8 Å². The maximum Gasteiger partial charge on any atom is 0.488 e. The number of halogens is 15. The Bertz CT molecular complexity index is 5150. The SMILES string of the molecule is CC(=O)S.Cc1cc(-c2ccccc2)c(F)cc1F.Cc1cc(Br)c(F)cc1F.Fc1cc(F)c(-c2ccccc2)cc1CBr.Fc1cc(F)c(-c2ccccc2)cc1CS.O=C(c1cc(Cl)c(O)c(I)c1)N1CCCC1.O=C(c1cc(Cl)c(O)c(SCc2cc(-c3ccccc3)c(F)cc2F)c1)N1CCCC1.OB(O)c1ccccc1. The molecule has 14 rings (SSSR count). The van der Waals surface area contributed by atoms with Crippen molar-refractivity contribution >= 4 is 144 Å². The zero-order valence-electron chi connectivity index (χ0n) is 62.8. The molecule has 0 radical (unpaired) electrons. The summed E-state index contributed by atoms with van der Waals surface area (Å²) in [6.45, 7) is 7.62. The molecule has 2 aliphatic rings. The maximum atomic E-state index is 14.4. The molecule has 2 saturated heterocycles. The third kappa shape index (κ3) is 29.2. The molecule has 117 heavy (non-hydrogen) atoms. The smallest absolute Gasteiger partial charge is 0.488 e. The van der Waals surface area contributed by atoms with Crippen LogP contribution in [0.2, 0.25) is 10.0 Å². The highest BCUT2D eigenvalue weighted by atomic mass is 127. The number of benzene rings is 12. The van der Waals surface area contributed by atoms with Gasteiger partial charge in [-0.15, -0.1) is 24.4 Å². The molecule has 28 heteroatoms. The lowest BCUT2D eigenvalue weighted by molar-refractivity contribution is -0.109. The molecule has 2 aliphatic heterocycles. The van der Waals surface area contributed by atoms with Crippen LogP contribution in [0.15, 0.2) is 246 Å². The third-order valence-electron chi connectivity index (χ3n) is 17.3. The number of hydrogen-bond donors (Lipinski definition) is 6. The average molecular weight is 1940 g/mol. The molecule has 2 heterocycles. The van der Waals surface area contributed by atoms with Crippen molar-refractivity contribution in [2.45, 2.75) is 68.2 Å². The molecule has 0 aromatic heterocycles. The average Bonchev–Trinajstić information content (AvgIpc) is 1.17. The minimum absolute atomic E-state index is 0.00249. The van der Waals surface area contributed by atoms with E-state index in [1.807, 2.05) is 94.2 Å². The predicted octanol–water partition coefficient (Wildman–Crippen LogP) is 24.8. The van der Waals surface area contributed by atoms with Crippen molar-refractivity contribution < 1.29 is 78.5 Å². The van der Waals surface area contributed by atoms with Gasteiger partial charge in [-0.1, -0.05) is 191 Å². The van der Waals surface area contributed by atoms with Gasteiger partial charge in [-0.3, -0.25) is 14.4 Å². The Morgan fingerprint density at radius 2 is 0.778 bits per heavy atom. The number of phenols is 2. The number of carbonyl (C=O) groups is 3. The fourth-order valence-electron chi connectivity index (χ4n) is 11.2. The quantitative estimate of drug-likeness (QED) is 0.0135. The number of phenolic OH excluding ortho intramolecular Hbond substituents is 2. The van der Waals surface area contributed by atoms with Gasteiger partial charge in [-0.05, 0) is 188 Å². The number of hydrogen-bond acceptors (Lipinski definition) is 9. The number of aryl methyl sites for hydroxylation is 2. The van der Waals surface area contributed by atoms with Gasteiger partial charge in [0.05, 0.1) is 23.0 Å². The van der Waals surface area contributed by atoms with Gasteiger partial charge in [-0.2, -0.15) is 12.6 Å². The van der Waals surface area contributed by atoms with Gasteiger partial charge >= 0.3 is 7.12 Å². The maximum absolute atomic E-state index is 14.4. The lowest BCUT2D eigenvalue weighted by atomic mass is 9.81. The molecular formula is C89H76BBr2Cl2F10IN2O7S3. The van der Waals surface area contributed by atoms with Crippen LogP contribution in [0.4, 0.5) is 43.9 Å². The van der Waals surface area contributed by atoms with E-state index in [-0.39, 0.29) is 55.5 Å². The van der Waals surface area contributed by atoms with E-state index >= 15 is 0 Å².